The number of ether oxygens (including phenoxy) is 3. The Kier molecular flexibility index (Phi) is 5.24. The van der Waals surface area contributed by atoms with Crippen LogP contribution < -0.4 is 14.4 Å². The minimum Gasteiger partial charge on any atom is -0.491 e. The molecule has 0 saturated carbocycles. The molecule has 2 atom stereocenters. The second-order valence-corrected chi connectivity index (χ2v) is 9.21. The number of halogens is 3. The van der Waals surface area contributed by atoms with Gasteiger partial charge in [-0.1, -0.05) is 23.7 Å². The number of hydrazone groups is 1. The molecule has 3 aliphatic rings. The van der Waals surface area contributed by atoms with E-state index in [1.165, 1.54) is 36.4 Å². The highest BCUT2D eigenvalue weighted by molar-refractivity contribution is 6.31. The predicted octanol–water partition coefficient (Wildman–Crippen LogP) is 4.18. The number of anilines is 1. The van der Waals surface area contributed by atoms with Crippen molar-refractivity contribution < 1.29 is 32.6 Å². The van der Waals surface area contributed by atoms with Gasteiger partial charge in [0.1, 0.15) is 17.2 Å². The molecule has 3 aliphatic heterocycles. The van der Waals surface area contributed by atoms with Gasteiger partial charge in [0.05, 0.1) is 6.26 Å². The molecule has 35 heavy (non-hydrogen) atoms. The highest BCUT2D eigenvalue weighted by atomic mass is 35.5. The molecule has 0 aromatic heterocycles. The summed E-state index contributed by atoms with van der Waals surface area (Å²) < 4.78 is 41.4. The summed E-state index contributed by atoms with van der Waals surface area (Å²) in [5, 5.41) is 6.18. The summed E-state index contributed by atoms with van der Waals surface area (Å²) >= 11 is 6.16. The van der Waals surface area contributed by atoms with Crippen LogP contribution >= 0.6 is 11.6 Å². The zero-order chi connectivity index (χ0) is 25.1. The molecule has 0 saturated heterocycles. The number of carbonyl (C=O) groups is 2. The molecule has 0 N–H and O–H groups in total. The number of amides is 2. The quantitative estimate of drug-likeness (QED) is 0.625. The van der Waals surface area contributed by atoms with Gasteiger partial charge < -0.3 is 19.1 Å². The maximum atomic E-state index is 13.6. The van der Waals surface area contributed by atoms with E-state index in [2.05, 4.69) is 14.6 Å². The standard InChI is InChI=1S/C24H20ClF2N3O5/c1-23(2,22(32)29(3)15-7-8-17-18(12-15)35-24(26,27)34-17)30-21(31)16-9-10-33-20(16)19(28-30)13-5-4-6-14(25)11-13/h4-12,16,20H,1-3H3. The molecule has 182 valence electrons. The molecule has 2 unspecified atom stereocenters. The van der Waals surface area contributed by atoms with Gasteiger partial charge in [0.15, 0.2) is 17.6 Å². The molecule has 0 aliphatic carbocycles. The molecule has 2 aromatic carbocycles. The largest absolute Gasteiger partial charge is 0.586 e. The summed E-state index contributed by atoms with van der Waals surface area (Å²) in [6, 6.07) is 11.0. The Balaban J connectivity index is 1.48. The molecule has 8 nitrogen and oxygen atoms in total. The van der Waals surface area contributed by atoms with Crippen molar-refractivity contribution in [1.82, 2.24) is 5.01 Å². The highest BCUT2D eigenvalue weighted by Gasteiger charge is 2.50. The van der Waals surface area contributed by atoms with Crippen molar-refractivity contribution in [3.05, 3.63) is 65.4 Å². The van der Waals surface area contributed by atoms with Crippen LogP contribution in [0.3, 0.4) is 0 Å². The Bertz CT molecular complexity index is 1300. The Morgan fingerprint density at radius 2 is 1.91 bits per heavy atom. The summed E-state index contributed by atoms with van der Waals surface area (Å²) in [4.78, 5) is 28.2. The lowest BCUT2D eigenvalue weighted by Crippen LogP contribution is -2.60. The van der Waals surface area contributed by atoms with Gasteiger partial charge in [0, 0.05) is 29.4 Å². The normalized spacial score (nSPS) is 21.9. The van der Waals surface area contributed by atoms with Gasteiger partial charge in [0.25, 0.3) is 11.8 Å². The van der Waals surface area contributed by atoms with Crippen LogP contribution in [0, 0.1) is 5.92 Å². The van der Waals surface area contributed by atoms with E-state index in [9.17, 15) is 18.4 Å². The molecule has 2 aromatic rings. The molecular weight excluding hydrogens is 484 g/mol. The fourth-order valence-corrected chi connectivity index (χ4v) is 4.43. The van der Waals surface area contributed by atoms with E-state index >= 15 is 0 Å². The Labute approximate surface area is 204 Å². The van der Waals surface area contributed by atoms with Gasteiger partial charge >= 0.3 is 6.29 Å². The Morgan fingerprint density at radius 3 is 2.66 bits per heavy atom. The topological polar surface area (TPSA) is 80.7 Å². The van der Waals surface area contributed by atoms with Crippen LogP contribution in [0.1, 0.15) is 19.4 Å². The van der Waals surface area contributed by atoms with E-state index < -0.39 is 35.7 Å². The van der Waals surface area contributed by atoms with E-state index in [1.54, 1.807) is 44.2 Å². The highest BCUT2D eigenvalue weighted by Crippen LogP contribution is 2.43. The number of rotatable bonds is 4. The molecular formula is C24H20ClF2N3O5. The van der Waals surface area contributed by atoms with Crippen LogP contribution in [-0.4, -0.2) is 47.5 Å². The molecule has 3 heterocycles. The van der Waals surface area contributed by atoms with Crippen LogP contribution in [0.5, 0.6) is 11.5 Å². The van der Waals surface area contributed by atoms with Gasteiger partial charge in [-0.2, -0.15) is 5.10 Å². The van der Waals surface area contributed by atoms with Gasteiger partial charge in [-0.3, -0.25) is 9.59 Å². The minimum absolute atomic E-state index is 0.139. The number of benzene rings is 2. The first kappa shape index (κ1) is 23.1. The first-order valence-corrected chi connectivity index (χ1v) is 11.0. The average molecular weight is 504 g/mol. The molecule has 2 amide bonds. The third-order valence-electron chi connectivity index (χ3n) is 6.06. The maximum Gasteiger partial charge on any atom is 0.586 e. The van der Waals surface area contributed by atoms with Crippen molar-refractivity contribution >= 4 is 34.8 Å². The van der Waals surface area contributed by atoms with Gasteiger partial charge in [-0.15, -0.1) is 8.78 Å². The zero-order valence-electron chi connectivity index (χ0n) is 18.9. The van der Waals surface area contributed by atoms with E-state index in [4.69, 9.17) is 16.3 Å². The first-order chi connectivity index (χ1) is 16.5. The summed E-state index contributed by atoms with van der Waals surface area (Å²) in [6.45, 7) is 3.12. The van der Waals surface area contributed by atoms with Crippen LogP contribution in [0.4, 0.5) is 14.5 Å². The van der Waals surface area contributed by atoms with Gasteiger partial charge in [-0.25, -0.2) is 5.01 Å². The van der Waals surface area contributed by atoms with Crippen molar-refractivity contribution in [2.75, 3.05) is 11.9 Å². The molecule has 11 heteroatoms. The van der Waals surface area contributed by atoms with E-state index in [-0.39, 0.29) is 17.2 Å². The van der Waals surface area contributed by atoms with Crippen molar-refractivity contribution in [2.24, 2.45) is 11.0 Å². The molecule has 0 radical (unpaired) electrons. The predicted molar refractivity (Wildman–Crippen MR) is 122 cm³/mol. The summed E-state index contributed by atoms with van der Waals surface area (Å²) in [5.41, 5.74) is -0.0660. The van der Waals surface area contributed by atoms with Crippen LogP contribution in [0.25, 0.3) is 0 Å². The summed E-state index contributed by atoms with van der Waals surface area (Å²) in [6.07, 6.45) is -1.35. The Morgan fingerprint density at radius 1 is 1.17 bits per heavy atom. The Hall–Kier alpha value is -3.66. The number of hydrogen-bond acceptors (Lipinski definition) is 6. The first-order valence-electron chi connectivity index (χ1n) is 10.7. The minimum atomic E-state index is -3.78. The van der Waals surface area contributed by atoms with Crippen LogP contribution in [-0.2, 0) is 14.3 Å². The lowest BCUT2D eigenvalue weighted by Gasteiger charge is -2.41. The third-order valence-corrected chi connectivity index (χ3v) is 6.29. The number of carbonyl (C=O) groups excluding carboxylic acids is 2. The fraction of sp³-hybridized carbons (Fsp3) is 0.292. The van der Waals surface area contributed by atoms with Crippen molar-refractivity contribution in [3.63, 3.8) is 0 Å². The van der Waals surface area contributed by atoms with E-state index in [0.717, 1.165) is 5.01 Å². The number of likely N-dealkylation sites (N-methyl/N-ethyl adjacent to an activating group) is 1. The monoisotopic (exact) mass is 503 g/mol. The van der Waals surface area contributed by atoms with Crippen LogP contribution in [0.15, 0.2) is 59.9 Å². The number of nitrogens with zero attached hydrogens (tertiary/aromatic N) is 3. The van der Waals surface area contributed by atoms with Crippen molar-refractivity contribution in [2.45, 2.75) is 31.8 Å². The molecule has 5 rings (SSSR count). The van der Waals surface area contributed by atoms with Gasteiger partial charge in [0.2, 0.25) is 0 Å². The average Bonchev–Trinajstić information content (AvgIpc) is 3.41. The van der Waals surface area contributed by atoms with Crippen LogP contribution in [0.2, 0.25) is 5.02 Å². The lowest BCUT2D eigenvalue weighted by atomic mass is 9.90. The van der Waals surface area contributed by atoms with E-state index in [0.29, 0.717) is 16.3 Å². The van der Waals surface area contributed by atoms with E-state index in [1.807, 2.05) is 0 Å². The number of hydrogen-bond donors (Lipinski definition) is 0. The molecule has 0 bridgehead atoms. The summed E-state index contributed by atoms with van der Waals surface area (Å²) in [5.74, 6) is -1.93. The lowest BCUT2D eigenvalue weighted by molar-refractivity contribution is -0.286. The zero-order valence-corrected chi connectivity index (χ0v) is 19.6. The maximum absolute atomic E-state index is 13.6. The third kappa shape index (κ3) is 3.87. The molecule has 0 spiro atoms. The SMILES string of the molecule is CN(C(=O)C(C)(C)N1N=C(c2cccc(Cl)c2)C2OC=CC2C1=O)c1ccc2c(c1)OC(F)(F)O2. The summed E-state index contributed by atoms with van der Waals surface area (Å²) in [7, 11) is 1.47. The molecule has 0 fully saturated rings. The fourth-order valence-electron chi connectivity index (χ4n) is 4.24. The smallest absolute Gasteiger partial charge is 0.491 e. The number of fused-ring (bicyclic) bond motifs is 2. The van der Waals surface area contributed by atoms with Gasteiger partial charge in [-0.05, 0) is 44.2 Å². The second-order valence-electron chi connectivity index (χ2n) is 8.78. The second kappa shape index (κ2) is 7.94. The number of alkyl halides is 2. The van der Waals surface area contributed by atoms with Crippen molar-refractivity contribution in [3.8, 4) is 11.5 Å². The van der Waals surface area contributed by atoms with Crippen molar-refractivity contribution in [1.29, 1.82) is 0 Å².